The van der Waals surface area contributed by atoms with Crippen LogP contribution in [0, 0.1) is 6.92 Å². The van der Waals surface area contributed by atoms with E-state index in [1.54, 1.807) is 18.2 Å². The second kappa shape index (κ2) is 7.92. The Balaban J connectivity index is 1.53. The quantitative estimate of drug-likeness (QED) is 0.776. The van der Waals surface area contributed by atoms with Gasteiger partial charge in [0.15, 0.2) is 0 Å². The fraction of sp³-hybridized carbons (Fsp3) is 0.286. The molecule has 1 aliphatic heterocycles. The third kappa shape index (κ3) is 4.37. The Bertz CT molecular complexity index is 893. The summed E-state index contributed by atoms with van der Waals surface area (Å²) < 4.78 is 0. The van der Waals surface area contributed by atoms with Gasteiger partial charge in [-0.05, 0) is 50.1 Å². The summed E-state index contributed by atoms with van der Waals surface area (Å²) in [5.74, 6) is -0.859. The minimum atomic E-state index is -0.336. The Morgan fingerprint density at radius 1 is 1.07 bits per heavy atom. The highest BCUT2D eigenvalue weighted by Crippen LogP contribution is 2.24. The number of hydrogen-bond donors (Lipinski definition) is 1. The summed E-state index contributed by atoms with van der Waals surface area (Å²) in [5, 5.41) is 3.58. The standard InChI is InChI=1S/C21H21ClN2O3/c1-13-3-8-17-18(11-13)21(27)24(20(17)26)10-9-19(25)23-14(2)12-15-4-6-16(22)7-5-15/h3-8,11,14H,9-10,12H2,1-2H3,(H,23,25)/t14-/m1/s1. The fourth-order valence-electron chi connectivity index (χ4n) is 3.19. The SMILES string of the molecule is Cc1ccc2c(c1)C(=O)N(CCC(=O)N[C@H](C)Cc1ccc(Cl)cc1)C2=O. The maximum absolute atomic E-state index is 12.4. The predicted molar refractivity (Wildman–Crippen MR) is 104 cm³/mol. The minimum Gasteiger partial charge on any atom is -0.353 e. The summed E-state index contributed by atoms with van der Waals surface area (Å²) >= 11 is 5.87. The van der Waals surface area contributed by atoms with Crippen molar-refractivity contribution in [2.45, 2.75) is 32.7 Å². The van der Waals surface area contributed by atoms with Crippen molar-refractivity contribution in [2.75, 3.05) is 6.54 Å². The van der Waals surface area contributed by atoms with Gasteiger partial charge in [0.25, 0.3) is 11.8 Å². The summed E-state index contributed by atoms with van der Waals surface area (Å²) in [5.41, 5.74) is 2.81. The first-order valence-electron chi connectivity index (χ1n) is 8.86. The molecular weight excluding hydrogens is 364 g/mol. The Morgan fingerprint density at radius 2 is 1.74 bits per heavy atom. The van der Waals surface area contributed by atoms with E-state index < -0.39 is 0 Å². The molecule has 3 rings (SSSR count). The third-order valence-electron chi connectivity index (χ3n) is 4.55. The molecule has 0 aliphatic carbocycles. The molecule has 0 spiro atoms. The number of fused-ring (bicyclic) bond motifs is 1. The van der Waals surface area contributed by atoms with Crippen molar-refractivity contribution in [2.24, 2.45) is 0 Å². The highest BCUT2D eigenvalue weighted by atomic mass is 35.5. The maximum Gasteiger partial charge on any atom is 0.261 e. The van der Waals surface area contributed by atoms with Crippen LogP contribution in [0.5, 0.6) is 0 Å². The number of halogens is 1. The van der Waals surface area contributed by atoms with Crippen molar-refractivity contribution < 1.29 is 14.4 Å². The van der Waals surface area contributed by atoms with Gasteiger partial charge in [0.1, 0.15) is 0 Å². The molecule has 1 atom stereocenters. The van der Waals surface area contributed by atoms with Gasteiger partial charge in [-0.15, -0.1) is 0 Å². The highest BCUT2D eigenvalue weighted by Gasteiger charge is 2.35. The van der Waals surface area contributed by atoms with Crippen molar-refractivity contribution in [3.8, 4) is 0 Å². The van der Waals surface area contributed by atoms with Gasteiger partial charge in [0.2, 0.25) is 5.91 Å². The molecule has 27 heavy (non-hydrogen) atoms. The second-order valence-corrected chi connectivity index (χ2v) is 7.30. The van der Waals surface area contributed by atoms with Crippen LogP contribution in [0.1, 0.15) is 45.2 Å². The maximum atomic E-state index is 12.4. The van der Waals surface area contributed by atoms with Crippen LogP contribution in [-0.2, 0) is 11.2 Å². The Labute approximate surface area is 163 Å². The van der Waals surface area contributed by atoms with Gasteiger partial charge in [-0.1, -0.05) is 35.4 Å². The fourth-order valence-corrected chi connectivity index (χ4v) is 3.32. The topological polar surface area (TPSA) is 66.5 Å². The number of amides is 3. The van der Waals surface area contributed by atoms with E-state index in [1.165, 1.54) is 0 Å². The van der Waals surface area contributed by atoms with Gasteiger partial charge in [-0.25, -0.2) is 0 Å². The Kier molecular flexibility index (Phi) is 5.61. The van der Waals surface area contributed by atoms with Crippen molar-refractivity contribution in [3.05, 3.63) is 69.7 Å². The van der Waals surface area contributed by atoms with Gasteiger partial charge in [0.05, 0.1) is 11.1 Å². The molecule has 140 valence electrons. The molecule has 1 aliphatic rings. The molecule has 0 fully saturated rings. The van der Waals surface area contributed by atoms with Crippen LogP contribution in [0.2, 0.25) is 5.02 Å². The van der Waals surface area contributed by atoms with Gasteiger partial charge in [-0.3, -0.25) is 19.3 Å². The molecule has 0 bridgehead atoms. The van der Waals surface area contributed by atoms with E-state index in [4.69, 9.17) is 11.6 Å². The number of carbonyl (C=O) groups is 3. The highest BCUT2D eigenvalue weighted by molar-refractivity contribution is 6.30. The third-order valence-corrected chi connectivity index (χ3v) is 4.80. The lowest BCUT2D eigenvalue weighted by Gasteiger charge is -2.16. The number of nitrogens with zero attached hydrogens (tertiary/aromatic N) is 1. The second-order valence-electron chi connectivity index (χ2n) is 6.86. The lowest BCUT2D eigenvalue weighted by Crippen LogP contribution is -2.38. The predicted octanol–water partition coefficient (Wildman–Crippen LogP) is 3.38. The van der Waals surface area contributed by atoms with Crippen LogP contribution in [-0.4, -0.2) is 35.2 Å². The first kappa shape index (κ1) is 19.1. The number of benzene rings is 2. The first-order valence-corrected chi connectivity index (χ1v) is 9.23. The molecule has 2 aromatic carbocycles. The van der Waals surface area contributed by atoms with Gasteiger partial charge >= 0.3 is 0 Å². The van der Waals surface area contributed by atoms with Crippen molar-refractivity contribution in [3.63, 3.8) is 0 Å². The summed E-state index contributed by atoms with van der Waals surface area (Å²) in [7, 11) is 0. The Hall–Kier alpha value is -2.66. The molecule has 5 nitrogen and oxygen atoms in total. The van der Waals surface area contributed by atoms with Gasteiger partial charge in [-0.2, -0.15) is 0 Å². The van der Waals surface area contributed by atoms with E-state index in [2.05, 4.69) is 5.32 Å². The molecule has 0 saturated heterocycles. The monoisotopic (exact) mass is 384 g/mol. The minimum absolute atomic E-state index is 0.0662. The van der Waals surface area contributed by atoms with Crippen LogP contribution < -0.4 is 5.32 Å². The van der Waals surface area contributed by atoms with E-state index in [9.17, 15) is 14.4 Å². The lowest BCUT2D eigenvalue weighted by atomic mass is 10.1. The largest absolute Gasteiger partial charge is 0.353 e. The molecule has 0 saturated carbocycles. The molecule has 6 heteroatoms. The Morgan fingerprint density at radius 3 is 2.44 bits per heavy atom. The smallest absolute Gasteiger partial charge is 0.261 e. The molecule has 1 N–H and O–H groups in total. The molecule has 0 radical (unpaired) electrons. The lowest BCUT2D eigenvalue weighted by molar-refractivity contribution is -0.121. The summed E-state index contributed by atoms with van der Waals surface area (Å²) in [4.78, 5) is 38.2. The van der Waals surface area contributed by atoms with Crippen molar-refractivity contribution >= 4 is 29.3 Å². The summed E-state index contributed by atoms with van der Waals surface area (Å²) in [6.45, 7) is 3.86. The number of carbonyl (C=O) groups excluding carboxylic acids is 3. The van der Waals surface area contributed by atoms with E-state index in [0.29, 0.717) is 22.6 Å². The number of nitrogens with one attached hydrogen (secondary N) is 1. The van der Waals surface area contributed by atoms with Crippen LogP contribution in [0.15, 0.2) is 42.5 Å². The number of hydrogen-bond acceptors (Lipinski definition) is 3. The zero-order chi connectivity index (χ0) is 19.6. The molecular formula is C21H21ClN2O3. The van der Waals surface area contributed by atoms with Crippen molar-refractivity contribution in [1.82, 2.24) is 10.2 Å². The molecule has 3 amide bonds. The van der Waals surface area contributed by atoms with Crippen LogP contribution >= 0.6 is 11.6 Å². The van der Waals surface area contributed by atoms with Gasteiger partial charge in [0, 0.05) is 24.0 Å². The van der Waals surface area contributed by atoms with Gasteiger partial charge < -0.3 is 5.32 Å². The zero-order valence-corrected chi connectivity index (χ0v) is 16.0. The number of rotatable bonds is 6. The summed E-state index contributed by atoms with van der Waals surface area (Å²) in [6.07, 6.45) is 0.755. The van der Waals surface area contributed by atoms with E-state index in [0.717, 1.165) is 16.0 Å². The number of aryl methyl sites for hydroxylation is 1. The molecule has 1 heterocycles. The zero-order valence-electron chi connectivity index (χ0n) is 15.3. The summed E-state index contributed by atoms with van der Waals surface area (Å²) in [6, 6.07) is 12.6. The van der Waals surface area contributed by atoms with E-state index in [1.807, 2.05) is 38.1 Å². The molecule has 2 aromatic rings. The van der Waals surface area contributed by atoms with Crippen molar-refractivity contribution in [1.29, 1.82) is 0 Å². The first-order chi connectivity index (χ1) is 12.8. The average Bonchev–Trinajstić information content (AvgIpc) is 2.85. The van der Waals surface area contributed by atoms with Crippen LogP contribution in [0.25, 0.3) is 0 Å². The average molecular weight is 385 g/mol. The molecule has 0 unspecified atom stereocenters. The van der Waals surface area contributed by atoms with E-state index in [-0.39, 0.29) is 36.7 Å². The normalized spacial score (nSPS) is 14.3. The van der Waals surface area contributed by atoms with E-state index >= 15 is 0 Å². The number of imide groups is 1. The molecule has 0 aromatic heterocycles. The van der Waals surface area contributed by atoms with Crippen LogP contribution in [0.4, 0.5) is 0 Å². The van der Waals surface area contributed by atoms with Crippen LogP contribution in [0.3, 0.4) is 0 Å².